The van der Waals surface area contributed by atoms with E-state index in [1.165, 1.54) is 0 Å². The topological polar surface area (TPSA) is 21.3 Å². The second kappa shape index (κ2) is 3.60. The van der Waals surface area contributed by atoms with Crippen molar-refractivity contribution < 1.29 is 4.74 Å². The Labute approximate surface area is 95.6 Å². The number of ether oxygens (including phenoxy) is 1. The predicted molar refractivity (Wildman–Crippen MR) is 64.0 cm³/mol. The fraction of sp³-hybridized carbons (Fsp3) is 0.500. The van der Waals surface area contributed by atoms with Gasteiger partial charge < -0.3 is 10.1 Å². The Morgan fingerprint density at radius 2 is 2.13 bits per heavy atom. The molecule has 0 unspecified atom stereocenters. The molecule has 0 aromatic heterocycles. The summed E-state index contributed by atoms with van der Waals surface area (Å²) in [6, 6.07) is 3.90. The Kier molecular flexibility index (Phi) is 2.55. The van der Waals surface area contributed by atoms with Crippen LogP contribution in [0.4, 0.5) is 5.69 Å². The molecule has 0 spiro atoms. The molecule has 1 aromatic rings. The highest BCUT2D eigenvalue weighted by Crippen LogP contribution is 2.39. The molecule has 82 valence electrons. The number of benzene rings is 1. The first-order chi connectivity index (χ1) is 6.99. The van der Waals surface area contributed by atoms with Crippen molar-refractivity contribution in [2.24, 2.45) is 0 Å². The van der Waals surface area contributed by atoms with Gasteiger partial charge in [-0.05, 0) is 32.4 Å². The normalized spacial score (nSPS) is 18.4. The van der Waals surface area contributed by atoms with Gasteiger partial charge in [0, 0.05) is 13.0 Å². The average Bonchev–Trinajstić information content (AvgIpc) is 2.31. The van der Waals surface area contributed by atoms with Crippen molar-refractivity contribution in [2.75, 3.05) is 11.9 Å². The van der Waals surface area contributed by atoms with Crippen molar-refractivity contribution >= 4 is 17.3 Å². The summed E-state index contributed by atoms with van der Waals surface area (Å²) >= 11 is 6.14. The first-order valence-corrected chi connectivity index (χ1v) is 5.59. The molecule has 1 aliphatic rings. The van der Waals surface area contributed by atoms with E-state index in [9.17, 15) is 0 Å². The number of aryl methyl sites for hydroxylation is 1. The molecule has 0 bridgehead atoms. The molecule has 0 saturated carbocycles. The third-order valence-electron chi connectivity index (χ3n) is 2.71. The van der Waals surface area contributed by atoms with E-state index < -0.39 is 0 Å². The maximum Gasteiger partial charge on any atom is 0.147 e. The molecule has 0 saturated heterocycles. The van der Waals surface area contributed by atoms with Crippen LogP contribution < -0.4 is 10.1 Å². The number of rotatable bonds is 0. The van der Waals surface area contributed by atoms with Crippen LogP contribution in [0.15, 0.2) is 12.1 Å². The SMILES string of the molecule is Cc1ccc(Cl)c2c1OC(C)(C)CCN2. The Morgan fingerprint density at radius 1 is 1.40 bits per heavy atom. The lowest BCUT2D eigenvalue weighted by Crippen LogP contribution is -2.28. The summed E-state index contributed by atoms with van der Waals surface area (Å²) in [5, 5.41) is 4.06. The summed E-state index contributed by atoms with van der Waals surface area (Å²) in [6.45, 7) is 7.13. The second-order valence-corrected chi connectivity index (χ2v) is 5.01. The highest BCUT2D eigenvalue weighted by Gasteiger charge is 2.26. The minimum absolute atomic E-state index is 0.131. The fourth-order valence-corrected chi connectivity index (χ4v) is 1.99. The number of nitrogens with one attached hydrogen (secondary N) is 1. The number of halogens is 1. The maximum absolute atomic E-state index is 6.14. The van der Waals surface area contributed by atoms with Crippen LogP contribution >= 0.6 is 11.6 Å². The van der Waals surface area contributed by atoms with Gasteiger partial charge in [-0.25, -0.2) is 0 Å². The van der Waals surface area contributed by atoms with Crippen LogP contribution in [0.25, 0.3) is 0 Å². The van der Waals surface area contributed by atoms with E-state index in [1.807, 2.05) is 19.1 Å². The molecule has 0 radical (unpaired) electrons. The number of fused-ring (bicyclic) bond motifs is 1. The van der Waals surface area contributed by atoms with Gasteiger partial charge in [-0.15, -0.1) is 0 Å². The average molecular weight is 226 g/mol. The van der Waals surface area contributed by atoms with E-state index in [2.05, 4.69) is 19.2 Å². The Morgan fingerprint density at radius 3 is 2.87 bits per heavy atom. The van der Waals surface area contributed by atoms with Gasteiger partial charge >= 0.3 is 0 Å². The number of hydrogen-bond acceptors (Lipinski definition) is 2. The van der Waals surface area contributed by atoms with Crippen LogP contribution in [0.1, 0.15) is 25.8 Å². The molecule has 0 fully saturated rings. The standard InChI is InChI=1S/C12H16ClNO/c1-8-4-5-9(13)10-11(8)15-12(2,3)6-7-14-10/h4-5,14H,6-7H2,1-3H3. The predicted octanol–water partition coefficient (Wildman–Crippen LogP) is 3.62. The van der Waals surface area contributed by atoms with Crippen LogP contribution in [-0.2, 0) is 0 Å². The van der Waals surface area contributed by atoms with Crippen LogP contribution in [0.3, 0.4) is 0 Å². The molecule has 1 heterocycles. The smallest absolute Gasteiger partial charge is 0.147 e. The molecule has 0 atom stereocenters. The van der Waals surface area contributed by atoms with Crippen molar-refractivity contribution in [1.29, 1.82) is 0 Å². The largest absolute Gasteiger partial charge is 0.485 e. The van der Waals surface area contributed by atoms with Crippen LogP contribution in [0.5, 0.6) is 5.75 Å². The monoisotopic (exact) mass is 225 g/mol. The minimum Gasteiger partial charge on any atom is -0.485 e. The Balaban J connectivity index is 2.51. The van der Waals surface area contributed by atoms with Gasteiger partial charge in [0.2, 0.25) is 0 Å². The number of anilines is 1. The van der Waals surface area contributed by atoms with E-state index in [0.29, 0.717) is 0 Å². The van der Waals surface area contributed by atoms with Gasteiger partial charge in [-0.3, -0.25) is 0 Å². The molecule has 2 rings (SSSR count). The van der Waals surface area contributed by atoms with Gasteiger partial charge in [0.05, 0.1) is 10.7 Å². The third-order valence-corrected chi connectivity index (χ3v) is 3.03. The van der Waals surface area contributed by atoms with Crippen molar-refractivity contribution in [3.8, 4) is 5.75 Å². The Hall–Kier alpha value is -0.890. The van der Waals surface area contributed by atoms with Gasteiger partial charge in [-0.2, -0.15) is 0 Å². The Bertz CT molecular complexity index is 387. The second-order valence-electron chi connectivity index (χ2n) is 4.61. The van der Waals surface area contributed by atoms with E-state index in [4.69, 9.17) is 16.3 Å². The lowest BCUT2D eigenvalue weighted by Gasteiger charge is -2.25. The zero-order chi connectivity index (χ0) is 11.1. The van der Waals surface area contributed by atoms with E-state index in [-0.39, 0.29) is 5.60 Å². The minimum atomic E-state index is -0.131. The van der Waals surface area contributed by atoms with E-state index >= 15 is 0 Å². The van der Waals surface area contributed by atoms with E-state index in [1.54, 1.807) is 0 Å². The van der Waals surface area contributed by atoms with Crippen molar-refractivity contribution in [1.82, 2.24) is 0 Å². The highest BCUT2D eigenvalue weighted by atomic mass is 35.5. The van der Waals surface area contributed by atoms with Crippen LogP contribution in [-0.4, -0.2) is 12.1 Å². The summed E-state index contributed by atoms with van der Waals surface area (Å²) < 4.78 is 6.01. The van der Waals surface area contributed by atoms with Crippen LogP contribution in [0, 0.1) is 6.92 Å². The van der Waals surface area contributed by atoms with Gasteiger partial charge in [0.1, 0.15) is 11.4 Å². The summed E-state index contributed by atoms with van der Waals surface area (Å²) in [7, 11) is 0. The number of hydrogen-bond donors (Lipinski definition) is 1. The zero-order valence-electron chi connectivity index (χ0n) is 9.36. The third kappa shape index (κ3) is 2.05. The summed E-state index contributed by atoms with van der Waals surface area (Å²) in [4.78, 5) is 0. The lowest BCUT2D eigenvalue weighted by molar-refractivity contribution is 0.108. The molecule has 15 heavy (non-hydrogen) atoms. The van der Waals surface area contributed by atoms with Crippen molar-refractivity contribution in [3.63, 3.8) is 0 Å². The van der Waals surface area contributed by atoms with Crippen LogP contribution in [0.2, 0.25) is 5.02 Å². The quantitative estimate of drug-likeness (QED) is 0.728. The zero-order valence-corrected chi connectivity index (χ0v) is 10.1. The molecule has 1 aromatic carbocycles. The van der Waals surface area contributed by atoms with Gasteiger partial charge in [0.25, 0.3) is 0 Å². The summed E-state index contributed by atoms with van der Waals surface area (Å²) in [5.41, 5.74) is 1.92. The summed E-state index contributed by atoms with van der Waals surface area (Å²) in [6.07, 6.45) is 0.970. The first-order valence-electron chi connectivity index (χ1n) is 5.22. The first kappa shape index (κ1) is 10.6. The molecule has 0 aliphatic carbocycles. The van der Waals surface area contributed by atoms with Crippen molar-refractivity contribution in [2.45, 2.75) is 32.8 Å². The van der Waals surface area contributed by atoms with Gasteiger partial charge in [-0.1, -0.05) is 17.7 Å². The lowest BCUT2D eigenvalue weighted by atomic mass is 10.1. The molecule has 1 N–H and O–H groups in total. The molecule has 0 amide bonds. The molecule has 1 aliphatic heterocycles. The molecule has 3 heteroatoms. The summed E-state index contributed by atoms with van der Waals surface area (Å²) in [5.74, 6) is 0.894. The maximum atomic E-state index is 6.14. The molecular formula is C12H16ClNO. The van der Waals surface area contributed by atoms with Gasteiger partial charge in [0.15, 0.2) is 0 Å². The fourth-order valence-electron chi connectivity index (χ4n) is 1.77. The highest BCUT2D eigenvalue weighted by molar-refractivity contribution is 6.33. The van der Waals surface area contributed by atoms with E-state index in [0.717, 1.165) is 35.0 Å². The molecule has 2 nitrogen and oxygen atoms in total. The molecular weight excluding hydrogens is 210 g/mol. The van der Waals surface area contributed by atoms with Crippen molar-refractivity contribution in [3.05, 3.63) is 22.7 Å².